The standard InChI is InChI=1S/C15H10BrN3O4/c16-10-5-6-13-11(7-10)14(17-21)15(20)18(13)8-9-3-1-2-4-12(9)19(22)23/h1-7,20H,8H2. The topological polar surface area (TPSA) is 97.7 Å². The van der Waals surface area contributed by atoms with Crippen molar-refractivity contribution < 1.29 is 10.0 Å². The Balaban J connectivity index is 2.20. The zero-order valence-corrected chi connectivity index (χ0v) is 13.2. The van der Waals surface area contributed by atoms with Crippen LogP contribution in [0.5, 0.6) is 5.88 Å². The second kappa shape index (κ2) is 5.81. The molecule has 3 rings (SSSR count). The van der Waals surface area contributed by atoms with Crippen LogP contribution in [0, 0.1) is 15.0 Å². The molecule has 0 aliphatic rings. The molecule has 0 aliphatic heterocycles. The molecular weight excluding hydrogens is 366 g/mol. The minimum absolute atomic E-state index is 0.0496. The Bertz CT molecular complexity index is 936. The molecule has 3 aromatic rings. The number of nitroso groups, excluding NO2 is 1. The summed E-state index contributed by atoms with van der Waals surface area (Å²) in [5, 5.41) is 24.8. The van der Waals surface area contributed by atoms with Gasteiger partial charge in [0.15, 0.2) is 5.69 Å². The number of fused-ring (bicyclic) bond motifs is 1. The highest BCUT2D eigenvalue weighted by molar-refractivity contribution is 9.10. The van der Waals surface area contributed by atoms with E-state index < -0.39 is 4.92 Å². The van der Waals surface area contributed by atoms with Crippen LogP contribution in [-0.2, 0) is 6.54 Å². The Morgan fingerprint density at radius 2 is 2.00 bits per heavy atom. The van der Waals surface area contributed by atoms with Crippen LogP contribution in [0.15, 0.2) is 52.1 Å². The molecule has 0 saturated carbocycles. The number of aromatic nitrogens is 1. The quantitative estimate of drug-likeness (QED) is 0.413. The number of benzene rings is 2. The lowest BCUT2D eigenvalue weighted by Gasteiger charge is -2.07. The second-order valence-electron chi connectivity index (χ2n) is 4.90. The molecule has 116 valence electrons. The van der Waals surface area contributed by atoms with Crippen molar-refractivity contribution in [1.82, 2.24) is 4.57 Å². The van der Waals surface area contributed by atoms with Crippen molar-refractivity contribution in [3.63, 3.8) is 0 Å². The monoisotopic (exact) mass is 375 g/mol. The summed E-state index contributed by atoms with van der Waals surface area (Å²) < 4.78 is 2.17. The summed E-state index contributed by atoms with van der Waals surface area (Å²) in [6.45, 7) is 0.0522. The largest absolute Gasteiger partial charge is 0.493 e. The van der Waals surface area contributed by atoms with Gasteiger partial charge in [0, 0.05) is 21.5 Å². The van der Waals surface area contributed by atoms with Crippen molar-refractivity contribution in [2.45, 2.75) is 6.54 Å². The number of para-hydroxylation sites is 1. The van der Waals surface area contributed by atoms with Crippen LogP contribution in [0.25, 0.3) is 10.9 Å². The zero-order valence-electron chi connectivity index (χ0n) is 11.6. The fraction of sp³-hybridized carbons (Fsp3) is 0.0667. The Labute approximate surface area is 138 Å². The summed E-state index contributed by atoms with van der Waals surface area (Å²) in [6.07, 6.45) is 0. The molecule has 23 heavy (non-hydrogen) atoms. The van der Waals surface area contributed by atoms with E-state index in [0.717, 1.165) is 4.47 Å². The SMILES string of the molecule is O=Nc1c(O)n(Cc2ccccc2[N+](=O)[O-])c2ccc(Br)cc12. The molecular formula is C15H10BrN3O4. The highest BCUT2D eigenvalue weighted by atomic mass is 79.9. The lowest BCUT2D eigenvalue weighted by Crippen LogP contribution is -2.02. The number of nitro groups is 1. The Morgan fingerprint density at radius 1 is 1.26 bits per heavy atom. The van der Waals surface area contributed by atoms with Crippen LogP contribution in [0.1, 0.15) is 5.56 Å². The van der Waals surface area contributed by atoms with Gasteiger partial charge in [-0.25, -0.2) is 0 Å². The van der Waals surface area contributed by atoms with Crippen LogP contribution >= 0.6 is 15.9 Å². The Kier molecular flexibility index (Phi) is 3.83. The molecule has 1 N–H and O–H groups in total. The van der Waals surface area contributed by atoms with Gasteiger partial charge in [-0.2, -0.15) is 0 Å². The number of rotatable bonds is 4. The molecule has 0 unspecified atom stereocenters. The average molecular weight is 376 g/mol. The van der Waals surface area contributed by atoms with Crippen LogP contribution < -0.4 is 0 Å². The van der Waals surface area contributed by atoms with Crippen LogP contribution in [0.3, 0.4) is 0 Å². The zero-order chi connectivity index (χ0) is 16.6. The van der Waals surface area contributed by atoms with Gasteiger partial charge in [-0.05, 0) is 23.4 Å². The number of hydrogen-bond donors (Lipinski definition) is 1. The average Bonchev–Trinajstić information content (AvgIpc) is 2.78. The van der Waals surface area contributed by atoms with E-state index in [0.29, 0.717) is 16.5 Å². The van der Waals surface area contributed by atoms with Gasteiger partial charge >= 0.3 is 0 Å². The lowest BCUT2D eigenvalue weighted by molar-refractivity contribution is -0.385. The van der Waals surface area contributed by atoms with E-state index in [9.17, 15) is 20.1 Å². The molecule has 0 saturated heterocycles. The molecule has 0 spiro atoms. The van der Waals surface area contributed by atoms with Gasteiger partial charge in [0.1, 0.15) is 0 Å². The van der Waals surface area contributed by atoms with E-state index in [4.69, 9.17) is 0 Å². The summed E-state index contributed by atoms with van der Waals surface area (Å²) >= 11 is 3.30. The van der Waals surface area contributed by atoms with Crippen molar-refractivity contribution >= 4 is 38.2 Å². The second-order valence-corrected chi connectivity index (χ2v) is 5.81. The summed E-state index contributed by atoms with van der Waals surface area (Å²) in [7, 11) is 0. The third kappa shape index (κ3) is 2.57. The van der Waals surface area contributed by atoms with Crippen molar-refractivity contribution in [2.75, 3.05) is 0 Å². The number of hydrogen-bond acceptors (Lipinski definition) is 5. The molecule has 0 aliphatic carbocycles. The van der Waals surface area contributed by atoms with Crippen LogP contribution in [-0.4, -0.2) is 14.6 Å². The first-order valence-electron chi connectivity index (χ1n) is 6.59. The first-order valence-corrected chi connectivity index (χ1v) is 7.38. The molecule has 1 aromatic heterocycles. The smallest absolute Gasteiger partial charge is 0.274 e. The molecule has 1 heterocycles. The first-order chi connectivity index (χ1) is 11.0. The van der Waals surface area contributed by atoms with Crippen molar-refractivity contribution in [2.24, 2.45) is 5.18 Å². The van der Waals surface area contributed by atoms with Gasteiger partial charge < -0.3 is 9.67 Å². The summed E-state index contributed by atoms with van der Waals surface area (Å²) in [6, 6.07) is 11.4. The predicted octanol–water partition coefficient (Wildman–Crippen LogP) is 4.46. The summed E-state index contributed by atoms with van der Waals surface area (Å²) in [4.78, 5) is 21.7. The first kappa shape index (κ1) is 15.2. The van der Waals surface area contributed by atoms with E-state index in [1.54, 1.807) is 36.4 Å². The van der Waals surface area contributed by atoms with E-state index in [-0.39, 0.29) is 23.8 Å². The Morgan fingerprint density at radius 3 is 2.70 bits per heavy atom. The molecule has 0 atom stereocenters. The lowest BCUT2D eigenvalue weighted by atomic mass is 10.2. The van der Waals surface area contributed by atoms with Crippen LogP contribution in [0.2, 0.25) is 0 Å². The minimum atomic E-state index is -0.479. The van der Waals surface area contributed by atoms with E-state index >= 15 is 0 Å². The van der Waals surface area contributed by atoms with Crippen molar-refractivity contribution in [1.29, 1.82) is 0 Å². The third-order valence-corrected chi connectivity index (χ3v) is 4.07. The van der Waals surface area contributed by atoms with E-state index in [2.05, 4.69) is 21.1 Å². The normalized spacial score (nSPS) is 10.8. The van der Waals surface area contributed by atoms with Gasteiger partial charge in [0.05, 0.1) is 17.0 Å². The van der Waals surface area contributed by atoms with Crippen molar-refractivity contribution in [3.8, 4) is 5.88 Å². The molecule has 0 amide bonds. The Hall–Kier alpha value is -2.74. The number of nitrogens with zero attached hydrogens (tertiary/aromatic N) is 3. The third-order valence-electron chi connectivity index (χ3n) is 3.58. The molecule has 0 fully saturated rings. The fourth-order valence-corrected chi connectivity index (χ4v) is 2.90. The van der Waals surface area contributed by atoms with E-state index in [1.165, 1.54) is 10.6 Å². The highest BCUT2D eigenvalue weighted by Gasteiger charge is 2.20. The molecule has 7 nitrogen and oxygen atoms in total. The fourth-order valence-electron chi connectivity index (χ4n) is 2.54. The molecule has 8 heteroatoms. The molecule has 2 aromatic carbocycles. The summed E-state index contributed by atoms with van der Waals surface area (Å²) in [5.41, 5.74) is 0.856. The summed E-state index contributed by atoms with van der Waals surface area (Å²) in [5.74, 6) is -0.314. The van der Waals surface area contributed by atoms with Crippen molar-refractivity contribution in [3.05, 3.63) is 67.5 Å². The maximum Gasteiger partial charge on any atom is 0.274 e. The minimum Gasteiger partial charge on any atom is -0.493 e. The van der Waals surface area contributed by atoms with Gasteiger partial charge in [-0.15, -0.1) is 4.91 Å². The van der Waals surface area contributed by atoms with Gasteiger partial charge in [-0.1, -0.05) is 34.1 Å². The van der Waals surface area contributed by atoms with Gasteiger partial charge in [0.25, 0.3) is 5.69 Å². The maximum absolute atomic E-state index is 11.1. The predicted molar refractivity (Wildman–Crippen MR) is 89.0 cm³/mol. The molecule has 0 bridgehead atoms. The number of halogens is 1. The molecule has 0 radical (unpaired) electrons. The number of aromatic hydroxyl groups is 1. The van der Waals surface area contributed by atoms with Gasteiger partial charge in [0.2, 0.25) is 5.88 Å². The van der Waals surface area contributed by atoms with Gasteiger partial charge in [-0.3, -0.25) is 10.1 Å². The number of nitro benzene ring substituents is 1. The van der Waals surface area contributed by atoms with Crippen LogP contribution in [0.4, 0.5) is 11.4 Å². The van der Waals surface area contributed by atoms with E-state index in [1.807, 2.05) is 0 Å². The maximum atomic E-state index is 11.1. The highest BCUT2D eigenvalue weighted by Crippen LogP contribution is 2.40.